The van der Waals surface area contributed by atoms with Crippen molar-refractivity contribution in [2.45, 2.75) is 19.9 Å². The lowest BCUT2D eigenvalue weighted by Crippen LogP contribution is -2.49. The molecule has 24 heavy (non-hydrogen) atoms. The van der Waals surface area contributed by atoms with Crippen molar-refractivity contribution < 1.29 is 19.2 Å². The summed E-state index contributed by atoms with van der Waals surface area (Å²) in [6.07, 6.45) is 0. The number of nitrogens with zero attached hydrogens (tertiary/aromatic N) is 2. The van der Waals surface area contributed by atoms with Gasteiger partial charge >= 0.3 is 18.1 Å². The van der Waals surface area contributed by atoms with Crippen LogP contribution >= 0.6 is 23.2 Å². The van der Waals surface area contributed by atoms with Crippen molar-refractivity contribution in [2.24, 2.45) is 0 Å². The van der Waals surface area contributed by atoms with Crippen molar-refractivity contribution in [1.82, 2.24) is 15.5 Å². The molecule has 1 aromatic rings. The highest BCUT2D eigenvalue weighted by atomic mass is 35.5. The van der Waals surface area contributed by atoms with Gasteiger partial charge in [0.2, 0.25) is 0 Å². The van der Waals surface area contributed by atoms with Crippen LogP contribution in [-0.4, -0.2) is 41.5 Å². The zero-order chi connectivity index (χ0) is 18.0. The topological polar surface area (TPSA) is 98.8 Å². The fourth-order valence-electron chi connectivity index (χ4n) is 2.05. The monoisotopic (exact) mass is 372 g/mol. The molecule has 0 saturated carbocycles. The lowest BCUT2D eigenvalue weighted by atomic mass is 10.3. The number of urea groups is 3. The van der Waals surface area contributed by atoms with Gasteiger partial charge in [-0.3, -0.25) is 10.1 Å². The number of benzene rings is 1. The van der Waals surface area contributed by atoms with Crippen LogP contribution in [0.25, 0.3) is 0 Å². The van der Waals surface area contributed by atoms with E-state index < -0.39 is 30.5 Å². The van der Waals surface area contributed by atoms with Gasteiger partial charge < -0.3 is 5.32 Å². The maximum absolute atomic E-state index is 12.3. The van der Waals surface area contributed by atoms with E-state index in [-0.39, 0.29) is 21.8 Å². The normalized spacial score (nSPS) is 14.4. The van der Waals surface area contributed by atoms with E-state index >= 15 is 0 Å². The van der Waals surface area contributed by atoms with Gasteiger partial charge in [0, 0.05) is 16.1 Å². The minimum Gasteiger partial charge on any atom is -0.336 e. The van der Waals surface area contributed by atoms with Crippen molar-refractivity contribution >= 4 is 52.9 Å². The Labute approximate surface area is 147 Å². The van der Waals surface area contributed by atoms with E-state index in [0.29, 0.717) is 4.90 Å². The van der Waals surface area contributed by atoms with Crippen LogP contribution in [0.3, 0.4) is 0 Å². The lowest BCUT2D eigenvalue weighted by molar-refractivity contribution is -0.116. The molecule has 0 unspecified atom stereocenters. The van der Waals surface area contributed by atoms with E-state index in [1.54, 1.807) is 13.8 Å². The highest BCUT2D eigenvalue weighted by Gasteiger charge is 2.41. The van der Waals surface area contributed by atoms with Gasteiger partial charge in [-0.25, -0.2) is 24.2 Å². The highest BCUT2D eigenvalue weighted by Crippen LogP contribution is 2.28. The summed E-state index contributed by atoms with van der Waals surface area (Å²) in [5.41, 5.74) is 0.143. The molecule has 2 rings (SSSR count). The van der Waals surface area contributed by atoms with Gasteiger partial charge in [0.15, 0.2) is 0 Å². The molecule has 1 aliphatic heterocycles. The van der Waals surface area contributed by atoms with E-state index in [4.69, 9.17) is 23.2 Å². The van der Waals surface area contributed by atoms with Crippen molar-refractivity contribution in [2.75, 3.05) is 11.4 Å². The van der Waals surface area contributed by atoms with E-state index in [1.807, 2.05) is 5.32 Å². The first kappa shape index (κ1) is 18.0. The molecule has 1 aromatic carbocycles. The summed E-state index contributed by atoms with van der Waals surface area (Å²) >= 11 is 11.7. The summed E-state index contributed by atoms with van der Waals surface area (Å²) in [6.45, 7) is 2.92. The van der Waals surface area contributed by atoms with Crippen molar-refractivity contribution in [3.05, 3.63) is 28.2 Å². The molecule has 1 saturated heterocycles. The second kappa shape index (κ2) is 7.06. The van der Waals surface area contributed by atoms with Crippen LogP contribution in [0, 0.1) is 0 Å². The fourth-order valence-corrected chi connectivity index (χ4v) is 2.56. The standard InChI is InChI=1S/C14H14Cl2N4O4/c1-7(2)17-12(22)18-13(23)19-6-11(21)20(14(19)24)10-4-8(15)3-9(16)5-10/h3-5,7H,6H2,1-2H3,(H2,17,18,22,23). The number of imide groups is 3. The number of carbonyl (C=O) groups is 4. The molecule has 0 aromatic heterocycles. The van der Waals surface area contributed by atoms with Crippen LogP contribution in [-0.2, 0) is 4.79 Å². The number of hydrogen-bond donors (Lipinski definition) is 2. The molecular weight excluding hydrogens is 359 g/mol. The molecule has 128 valence electrons. The number of halogens is 2. The Morgan fingerprint density at radius 2 is 1.71 bits per heavy atom. The molecular formula is C14H14Cl2N4O4. The quantitative estimate of drug-likeness (QED) is 0.779. The number of hydrogen-bond acceptors (Lipinski definition) is 4. The number of nitrogens with one attached hydrogen (secondary N) is 2. The molecule has 0 bridgehead atoms. The van der Waals surface area contributed by atoms with Crippen molar-refractivity contribution in [1.29, 1.82) is 0 Å². The van der Waals surface area contributed by atoms with E-state index in [1.165, 1.54) is 18.2 Å². The van der Waals surface area contributed by atoms with Gasteiger partial charge in [0.25, 0.3) is 5.91 Å². The van der Waals surface area contributed by atoms with Crippen LogP contribution in [0.2, 0.25) is 10.0 Å². The number of rotatable bonds is 2. The largest absolute Gasteiger partial charge is 0.340 e. The number of anilines is 1. The van der Waals surface area contributed by atoms with Gasteiger partial charge in [-0.15, -0.1) is 0 Å². The van der Waals surface area contributed by atoms with Gasteiger partial charge in [-0.05, 0) is 32.0 Å². The van der Waals surface area contributed by atoms with E-state index in [2.05, 4.69) is 5.32 Å². The van der Waals surface area contributed by atoms with Crippen LogP contribution in [0.15, 0.2) is 18.2 Å². The molecule has 7 amide bonds. The Kier molecular flexibility index (Phi) is 5.30. The lowest BCUT2D eigenvalue weighted by Gasteiger charge is -2.17. The summed E-state index contributed by atoms with van der Waals surface area (Å²) in [7, 11) is 0. The summed E-state index contributed by atoms with van der Waals surface area (Å²) in [5, 5.41) is 4.89. The minimum atomic E-state index is -0.998. The van der Waals surface area contributed by atoms with Crippen molar-refractivity contribution in [3.8, 4) is 0 Å². The van der Waals surface area contributed by atoms with Gasteiger partial charge in [-0.2, -0.15) is 0 Å². The van der Waals surface area contributed by atoms with E-state index in [9.17, 15) is 19.2 Å². The predicted molar refractivity (Wildman–Crippen MR) is 88.2 cm³/mol. The molecule has 2 N–H and O–H groups in total. The summed E-state index contributed by atoms with van der Waals surface area (Å²) < 4.78 is 0. The van der Waals surface area contributed by atoms with E-state index in [0.717, 1.165) is 4.90 Å². The van der Waals surface area contributed by atoms with Gasteiger partial charge in [0.05, 0.1) is 5.69 Å². The fraction of sp³-hybridized carbons (Fsp3) is 0.286. The average molecular weight is 373 g/mol. The molecule has 0 atom stereocenters. The Bertz CT molecular complexity index is 702. The molecule has 8 nitrogen and oxygen atoms in total. The first-order valence-corrected chi connectivity index (χ1v) is 7.66. The van der Waals surface area contributed by atoms with Crippen LogP contribution < -0.4 is 15.5 Å². The van der Waals surface area contributed by atoms with Crippen molar-refractivity contribution in [3.63, 3.8) is 0 Å². The van der Waals surface area contributed by atoms with Crippen LogP contribution in [0.4, 0.5) is 20.1 Å². The Morgan fingerprint density at radius 1 is 1.12 bits per heavy atom. The molecule has 10 heteroatoms. The highest BCUT2D eigenvalue weighted by molar-refractivity contribution is 6.35. The van der Waals surface area contributed by atoms with Crippen LogP contribution in [0.1, 0.15) is 13.8 Å². The average Bonchev–Trinajstić information content (AvgIpc) is 2.71. The third-order valence-electron chi connectivity index (χ3n) is 2.96. The summed E-state index contributed by atoms with van der Waals surface area (Å²) in [4.78, 5) is 49.4. The molecule has 0 aliphatic carbocycles. The minimum absolute atomic E-state index is 0.143. The second-order valence-corrected chi connectivity index (χ2v) is 6.16. The summed E-state index contributed by atoms with van der Waals surface area (Å²) in [5.74, 6) is -0.641. The van der Waals surface area contributed by atoms with Crippen LogP contribution in [0.5, 0.6) is 0 Å². The molecule has 1 aliphatic rings. The Balaban J connectivity index is 2.16. The maximum atomic E-state index is 12.3. The van der Waals surface area contributed by atoms with Gasteiger partial charge in [0.1, 0.15) is 6.54 Å². The zero-order valence-electron chi connectivity index (χ0n) is 12.8. The number of carbonyl (C=O) groups excluding carboxylic acids is 4. The molecule has 0 spiro atoms. The molecule has 1 heterocycles. The predicted octanol–water partition coefficient (Wildman–Crippen LogP) is 2.59. The van der Waals surface area contributed by atoms with Gasteiger partial charge in [-0.1, -0.05) is 23.2 Å². The third kappa shape index (κ3) is 3.95. The zero-order valence-corrected chi connectivity index (χ0v) is 14.3. The first-order valence-electron chi connectivity index (χ1n) is 6.91. The number of amides is 7. The smallest absolute Gasteiger partial charge is 0.336 e. The Hall–Kier alpha value is -2.32. The SMILES string of the molecule is CC(C)NC(=O)NC(=O)N1CC(=O)N(c2cc(Cl)cc(Cl)c2)C1=O. The second-order valence-electron chi connectivity index (χ2n) is 5.28. The molecule has 1 fully saturated rings. The molecule has 0 radical (unpaired) electrons. The third-order valence-corrected chi connectivity index (χ3v) is 3.39. The summed E-state index contributed by atoms with van der Waals surface area (Å²) in [6, 6.07) is 1.33. The Morgan fingerprint density at radius 3 is 2.25 bits per heavy atom. The first-order chi connectivity index (χ1) is 11.2. The maximum Gasteiger partial charge on any atom is 0.340 e.